The lowest BCUT2D eigenvalue weighted by molar-refractivity contribution is 0.176. The van der Waals surface area contributed by atoms with Crippen molar-refractivity contribution in [1.29, 1.82) is 0 Å². The zero-order valence-corrected chi connectivity index (χ0v) is 11.1. The topological polar surface area (TPSA) is 42.4 Å². The van der Waals surface area contributed by atoms with Crippen LogP contribution in [0.25, 0.3) is 0 Å². The lowest BCUT2D eigenvalue weighted by atomic mass is 10.0. The van der Waals surface area contributed by atoms with Crippen LogP contribution in [0.2, 0.25) is 0 Å². The second kappa shape index (κ2) is 6.90. The summed E-state index contributed by atoms with van der Waals surface area (Å²) >= 11 is 0. The van der Waals surface area contributed by atoms with Crippen molar-refractivity contribution < 1.29 is 9.84 Å². The van der Waals surface area contributed by atoms with Crippen LogP contribution >= 0.6 is 0 Å². The molecular formula is C16H19NO2. The molecule has 3 heteroatoms. The molecule has 0 saturated carbocycles. The number of rotatable bonds is 6. The van der Waals surface area contributed by atoms with Crippen LogP contribution < -0.4 is 4.74 Å². The standard InChI is InChI=1S/C16H19NO2/c1-2-10-19-15-8-5-6-13(11-15)16(18)12-14-7-3-4-9-17-14/h3-9,11,16,18H,2,10,12H2,1H3. The summed E-state index contributed by atoms with van der Waals surface area (Å²) in [6.07, 6.45) is 2.67. The second-order valence-electron chi connectivity index (χ2n) is 4.46. The zero-order valence-electron chi connectivity index (χ0n) is 11.1. The lowest BCUT2D eigenvalue weighted by Gasteiger charge is -2.12. The van der Waals surface area contributed by atoms with Crippen LogP contribution in [0.5, 0.6) is 5.75 Å². The van der Waals surface area contributed by atoms with E-state index in [2.05, 4.69) is 11.9 Å². The first-order chi connectivity index (χ1) is 9.29. The van der Waals surface area contributed by atoms with Crippen LogP contribution in [-0.4, -0.2) is 16.7 Å². The Labute approximate surface area is 113 Å². The lowest BCUT2D eigenvalue weighted by Crippen LogP contribution is -2.04. The van der Waals surface area contributed by atoms with Crippen molar-refractivity contribution in [1.82, 2.24) is 4.98 Å². The number of benzene rings is 1. The van der Waals surface area contributed by atoms with Gasteiger partial charge in [-0.05, 0) is 36.2 Å². The molecule has 0 radical (unpaired) electrons. The van der Waals surface area contributed by atoms with Gasteiger partial charge in [-0.15, -0.1) is 0 Å². The molecule has 1 aromatic carbocycles. The Bertz CT molecular complexity index is 499. The number of nitrogens with zero attached hydrogens (tertiary/aromatic N) is 1. The van der Waals surface area contributed by atoms with Crippen molar-refractivity contribution >= 4 is 0 Å². The number of hydrogen-bond acceptors (Lipinski definition) is 3. The maximum absolute atomic E-state index is 10.2. The van der Waals surface area contributed by atoms with E-state index in [1.165, 1.54) is 0 Å². The Morgan fingerprint density at radius 3 is 2.84 bits per heavy atom. The van der Waals surface area contributed by atoms with E-state index in [1.54, 1.807) is 6.20 Å². The summed E-state index contributed by atoms with van der Waals surface area (Å²) in [5.74, 6) is 0.805. The molecule has 1 heterocycles. The number of hydrogen-bond donors (Lipinski definition) is 1. The van der Waals surface area contributed by atoms with Gasteiger partial charge in [-0.1, -0.05) is 25.1 Å². The van der Waals surface area contributed by atoms with E-state index in [1.807, 2.05) is 42.5 Å². The highest BCUT2D eigenvalue weighted by Crippen LogP contribution is 2.22. The highest BCUT2D eigenvalue weighted by atomic mass is 16.5. The molecule has 0 amide bonds. The number of aliphatic hydroxyl groups excluding tert-OH is 1. The third-order valence-electron chi connectivity index (χ3n) is 2.84. The van der Waals surface area contributed by atoms with Gasteiger partial charge < -0.3 is 9.84 Å². The fourth-order valence-electron chi connectivity index (χ4n) is 1.87. The second-order valence-corrected chi connectivity index (χ2v) is 4.46. The predicted molar refractivity (Wildman–Crippen MR) is 75.1 cm³/mol. The summed E-state index contributed by atoms with van der Waals surface area (Å²) in [6.45, 7) is 2.76. The summed E-state index contributed by atoms with van der Waals surface area (Å²) in [6, 6.07) is 13.3. The minimum Gasteiger partial charge on any atom is -0.494 e. The molecular weight excluding hydrogens is 238 g/mol. The van der Waals surface area contributed by atoms with E-state index < -0.39 is 6.10 Å². The first-order valence-electron chi connectivity index (χ1n) is 6.60. The van der Waals surface area contributed by atoms with Gasteiger partial charge in [-0.3, -0.25) is 4.98 Å². The Morgan fingerprint density at radius 1 is 1.21 bits per heavy atom. The summed E-state index contributed by atoms with van der Waals surface area (Å²) in [7, 11) is 0. The molecule has 1 atom stereocenters. The third kappa shape index (κ3) is 4.07. The van der Waals surface area contributed by atoms with Crippen LogP contribution in [0.4, 0.5) is 0 Å². The number of pyridine rings is 1. The minimum atomic E-state index is -0.555. The van der Waals surface area contributed by atoms with Gasteiger partial charge in [0.1, 0.15) is 5.75 Å². The molecule has 2 rings (SSSR count). The Kier molecular flexibility index (Phi) is 4.93. The molecule has 1 aromatic heterocycles. The summed E-state index contributed by atoms with van der Waals surface area (Å²) in [5.41, 5.74) is 1.74. The van der Waals surface area contributed by atoms with Gasteiger partial charge in [0.15, 0.2) is 0 Å². The van der Waals surface area contributed by atoms with E-state index >= 15 is 0 Å². The fraction of sp³-hybridized carbons (Fsp3) is 0.312. The number of aromatic nitrogens is 1. The average Bonchev–Trinajstić information content (AvgIpc) is 2.46. The monoisotopic (exact) mass is 257 g/mol. The van der Waals surface area contributed by atoms with Crippen LogP contribution in [0, 0.1) is 0 Å². The zero-order chi connectivity index (χ0) is 13.5. The van der Waals surface area contributed by atoms with Gasteiger partial charge in [0.25, 0.3) is 0 Å². The molecule has 3 nitrogen and oxygen atoms in total. The third-order valence-corrected chi connectivity index (χ3v) is 2.84. The molecule has 100 valence electrons. The normalized spacial score (nSPS) is 12.1. The van der Waals surface area contributed by atoms with Crippen LogP contribution in [0.1, 0.15) is 30.7 Å². The highest BCUT2D eigenvalue weighted by Gasteiger charge is 2.10. The number of ether oxygens (including phenoxy) is 1. The predicted octanol–water partition coefficient (Wildman–Crippen LogP) is 3.15. The molecule has 0 bridgehead atoms. The first-order valence-corrected chi connectivity index (χ1v) is 6.60. The molecule has 0 spiro atoms. The van der Waals surface area contributed by atoms with Crippen molar-refractivity contribution in [3.8, 4) is 5.75 Å². The molecule has 1 unspecified atom stereocenters. The van der Waals surface area contributed by atoms with Gasteiger partial charge >= 0.3 is 0 Å². The van der Waals surface area contributed by atoms with Crippen LogP contribution in [-0.2, 0) is 6.42 Å². The molecule has 0 aliphatic carbocycles. The Hall–Kier alpha value is -1.87. The molecule has 2 aromatic rings. The van der Waals surface area contributed by atoms with Crippen molar-refractivity contribution in [3.05, 3.63) is 59.9 Å². The van der Waals surface area contributed by atoms with E-state index in [9.17, 15) is 5.11 Å². The van der Waals surface area contributed by atoms with E-state index in [-0.39, 0.29) is 0 Å². The average molecular weight is 257 g/mol. The molecule has 1 N–H and O–H groups in total. The Morgan fingerprint density at radius 2 is 2.11 bits per heavy atom. The van der Waals surface area contributed by atoms with Crippen molar-refractivity contribution in [2.24, 2.45) is 0 Å². The van der Waals surface area contributed by atoms with E-state index in [4.69, 9.17) is 4.74 Å². The maximum Gasteiger partial charge on any atom is 0.119 e. The van der Waals surface area contributed by atoms with Gasteiger partial charge in [0.05, 0.1) is 12.7 Å². The number of aliphatic hydroxyl groups is 1. The SMILES string of the molecule is CCCOc1cccc(C(O)Cc2ccccn2)c1. The minimum absolute atomic E-state index is 0.512. The van der Waals surface area contributed by atoms with Gasteiger partial charge in [0.2, 0.25) is 0 Å². The van der Waals surface area contributed by atoms with Gasteiger partial charge in [-0.2, -0.15) is 0 Å². The van der Waals surface area contributed by atoms with Crippen LogP contribution in [0.3, 0.4) is 0 Å². The molecule has 0 aliphatic rings. The molecule has 19 heavy (non-hydrogen) atoms. The summed E-state index contributed by atoms with van der Waals surface area (Å²) in [4.78, 5) is 4.22. The highest BCUT2D eigenvalue weighted by molar-refractivity contribution is 5.30. The quantitative estimate of drug-likeness (QED) is 0.864. The van der Waals surface area contributed by atoms with Gasteiger partial charge in [0, 0.05) is 18.3 Å². The van der Waals surface area contributed by atoms with Crippen LogP contribution in [0.15, 0.2) is 48.7 Å². The summed E-state index contributed by atoms with van der Waals surface area (Å²) < 4.78 is 5.57. The fourth-order valence-corrected chi connectivity index (χ4v) is 1.87. The summed E-state index contributed by atoms with van der Waals surface area (Å²) in [5, 5.41) is 10.2. The molecule has 0 aliphatic heterocycles. The van der Waals surface area contributed by atoms with Crippen molar-refractivity contribution in [2.75, 3.05) is 6.61 Å². The first kappa shape index (κ1) is 13.6. The largest absolute Gasteiger partial charge is 0.494 e. The Balaban J connectivity index is 2.04. The van der Waals surface area contributed by atoms with Gasteiger partial charge in [-0.25, -0.2) is 0 Å². The molecule has 0 saturated heterocycles. The molecule has 0 fully saturated rings. The van der Waals surface area contributed by atoms with Crippen molar-refractivity contribution in [2.45, 2.75) is 25.9 Å². The van der Waals surface area contributed by atoms with E-state index in [0.29, 0.717) is 13.0 Å². The van der Waals surface area contributed by atoms with Crippen molar-refractivity contribution in [3.63, 3.8) is 0 Å². The van der Waals surface area contributed by atoms with E-state index in [0.717, 1.165) is 23.4 Å². The maximum atomic E-state index is 10.2. The smallest absolute Gasteiger partial charge is 0.119 e.